The molecule has 70 valence electrons. The van der Waals surface area contributed by atoms with E-state index in [1.165, 1.54) is 0 Å². The van der Waals surface area contributed by atoms with E-state index in [1.54, 1.807) is 0 Å². The minimum atomic E-state index is -0.449. The number of ether oxygens (including phenoxy) is 1. The van der Waals surface area contributed by atoms with Gasteiger partial charge in [-0.1, -0.05) is 0 Å². The zero-order valence-corrected chi connectivity index (χ0v) is 7.89. The smallest absolute Gasteiger partial charge is 0.312 e. The van der Waals surface area contributed by atoms with E-state index in [1.807, 2.05) is 20.8 Å². The number of carbonyl (C=O) groups excluding carboxylic acids is 1. The van der Waals surface area contributed by atoms with Gasteiger partial charge in [-0.2, -0.15) is 0 Å². The molecule has 3 heteroatoms. The van der Waals surface area contributed by atoms with Crippen LogP contribution in [-0.4, -0.2) is 23.3 Å². The van der Waals surface area contributed by atoms with Crippen LogP contribution in [0.1, 0.15) is 33.6 Å². The fourth-order valence-corrected chi connectivity index (χ4v) is 1.78. The predicted molar refractivity (Wildman–Crippen MR) is 44.6 cm³/mol. The minimum Gasteiger partial charge on any atom is -0.459 e. The standard InChI is InChI=1S/C9H16O3/c1-8(2)6-9(3,4-5-10)12-7(8)11/h10H,4-6H2,1-3H3. The number of cyclic esters (lactones) is 1. The lowest BCUT2D eigenvalue weighted by atomic mass is 9.83. The molecular weight excluding hydrogens is 156 g/mol. The lowest BCUT2D eigenvalue weighted by Gasteiger charge is -2.21. The molecule has 12 heavy (non-hydrogen) atoms. The molecule has 0 aliphatic carbocycles. The molecule has 0 aromatic rings. The van der Waals surface area contributed by atoms with Crippen molar-refractivity contribution in [3.8, 4) is 0 Å². The monoisotopic (exact) mass is 172 g/mol. The van der Waals surface area contributed by atoms with E-state index >= 15 is 0 Å². The molecule has 1 atom stereocenters. The number of aliphatic hydroxyl groups excluding tert-OH is 1. The Morgan fingerprint density at radius 2 is 2.08 bits per heavy atom. The zero-order chi connectivity index (χ0) is 9.41. The highest BCUT2D eigenvalue weighted by atomic mass is 16.6. The lowest BCUT2D eigenvalue weighted by Crippen LogP contribution is -2.25. The molecule has 1 heterocycles. The number of aliphatic hydroxyl groups is 1. The van der Waals surface area contributed by atoms with Crippen LogP contribution in [0, 0.1) is 5.41 Å². The summed E-state index contributed by atoms with van der Waals surface area (Å²) >= 11 is 0. The molecule has 1 saturated heterocycles. The Balaban J connectivity index is 2.71. The first kappa shape index (κ1) is 9.52. The summed E-state index contributed by atoms with van der Waals surface area (Å²) in [5, 5.41) is 8.76. The van der Waals surface area contributed by atoms with Crippen LogP contribution in [-0.2, 0) is 9.53 Å². The quantitative estimate of drug-likeness (QED) is 0.634. The number of esters is 1. The van der Waals surface area contributed by atoms with E-state index in [0.29, 0.717) is 12.8 Å². The Morgan fingerprint density at radius 3 is 2.42 bits per heavy atom. The maximum Gasteiger partial charge on any atom is 0.312 e. The van der Waals surface area contributed by atoms with Crippen molar-refractivity contribution in [2.45, 2.75) is 39.2 Å². The average molecular weight is 172 g/mol. The Kier molecular flexibility index (Phi) is 2.17. The van der Waals surface area contributed by atoms with Gasteiger partial charge in [0.2, 0.25) is 0 Å². The van der Waals surface area contributed by atoms with Gasteiger partial charge in [-0.3, -0.25) is 4.79 Å². The highest BCUT2D eigenvalue weighted by molar-refractivity contribution is 5.78. The molecule has 1 rings (SSSR count). The largest absolute Gasteiger partial charge is 0.459 e. The summed E-state index contributed by atoms with van der Waals surface area (Å²) in [5.74, 6) is -0.154. The maximum atomic E-state index is 11.3. The van der Waals surface area contributed by atoms with Crippen molar-refractivity contribution in [2.24, 2.45) is 5.41 Å². The highest BCUT2D eigenvalue weighted by Crippen LogP contribution is 2.41. The van der Waals surface area contributed by atoms with Gasteiger partial charge >= 0.3 is 5.97 Å². The fraction of sp³-hybridized carbons (Fsp3) is 0.889. The second kappa shape index (κ2) is 2.73. The normalized spacial score (nSPS) is 33.5. The van der Waals surface area contributed by atoms with Crippen molar-refractivity contribution >= 4 is 5.97 Å². The van der Waals surface area contributed by atoms with Crippen molar-refractivity contribution in [2.75, 3.05) is 6.61 Å². The van der Waals surface area contributed by atoms with Gasteiger partial charge in [-0.15, -0.1) is 0 Å². The van der Waals surface area contributed by atoms with E-state index in [0.717, 1.165) is 0 Å². The zero-order valence-electron chi connectivity index (χ0n) is 7.89. The molecule has 0 saturated carbocycles. The molecule has 1 N–H and O–H groups in total. The minimum absolute atomic E-state index is 0.0693. The first-order chi connectivity index (χ1) is 5.40. The number of carbonyl (C=O) groups is 1. The SMILES string of the molecule is CC1(CCO)CC(C)(C)C(=O)O1. The number of hydrogen-bond donors (Lipinski definition) is 1. The summed E-state index contributed by atoms with van der Waals surface area (Å²) < 4.78 is 5.21. The lowest BCUT2D eigenvalue weighted by molar-refractivity contribution is -0.152. The van der Waals surface area contributed by atoms with E-state index in [2.05, 4.69) is 0 Å². The molecule has 0 aromatic heterocycles. The Bertz CT molecular complexity index is 198. The third-order valence-electron chi connectivity index (χ3n) is 2.35. The van der Waals surface area contributed by atoms with Crippen LogP contribution in [0.25, 0.3) is 0 Å². The van der Waals surface area contributed by atoms with Crippen LogP contribution in [0.15, 0.2) is 0 Å². The van der Waals surface area contributed by atoms with E-state index < -0.39 is 5.60 Å². The van der Waals surface area contributed by atoms with Gasteiger partial charge in [0.05, 0.1) is 5.41 Å². The predicted octanol–water partition coefficient (Wildman–Crippen LogP) is 1.10. The molecule has 0 radical (unpaired) electrons. The van der Waals surface area contributed by atoms with Crippen molar-refractivity contribution < 1.29 is 14.6 Å². The average Bonchev–Trinajstić information content (AvgIpc) is 2.02. The summed E-state index contributed by atoms with van der Waals surface area (Å²) in [7, 11) is 0. The Morgan fingerprint density at radius 1 is 1.50 bits per heavy atom. The highest BCUT2D eigenvalue weighted by Gasteiger charge is 2.48. The molecule has 0 aromatic carbocycles. The first-order valence-electron chi connectivity index (χ1n) is 4.24. The van der Waals surface area contributed by atoms with Gasteiger partial charge in [0.15, 0.2) is 0 Å². The van der Waals surface area contributed by atoms with Crippen molar-refractivity contribution in [3.05, 3.63) is 0 Å². The Labute approximate surface area is 72.7 Å². The van der Waals surface area contributed by atoms with Gasteiger partial charge in [-0.25, -0.2) is 0 Å². The number of hydrogen-bond acceptors (Lipinski definition) is 3. The molecule has 1 aliphatic heterocycles. The van der Waals surface area contributed by atoms with Crippen molar-refractivity contribution in [3.63, 3.8) is 0 Å². The topological polar surface area (TPSA) is 46.5 Å². The third kappa shape index (κ3) is 1.61. The summed E-state index contributed by atoms with van der Waals surface area (Å²) in [6.45, 7) is 5.69. The van der Waals surface area contributed by atoms with Gasteiger partial charge in [0, 0.05) is 19.4 Å². The molecule has 0 amide bonds. The van der Waals surface area contributed by atoms with E-state index in [-0.39, 0.29) is 18.0 Å². The fourth-order valence-electron chi connectivity index (χ4n) is 1.78. The summed E-state index contributed by atoms with van der Waals surface area (Å²) in [6, 6.07) is 0. The van der Waals surface area contributed by atoms with Crippen molar-refractivity contribution in [1.82, 2.24) is 0 Å². The van der Waals surface area contributed by atoms with Crippen LogP contribution >= 0.6 is 0 Å². The summed E-state index contributed by atoms with van der Waals surface area (Å²) in [5.41, 5.74) is -0.834. The van der Waals surface area contributed by atoms with Crippen LogP contribution in [0.5, 0.6) is 0 Å². The molecular formula is C9H16O3. The van der Waals surface area contributed by atoms with Crippen LogP contribution in [0.4, 0.5) is 0 Å². The second-order valence-corrected chi connectivity index (χ2v) is 4.37. The van der Waals surface area contributed by atoms with Crippen molar-refractivity contribution in [1.29, 1.82) is 0 Å². The second-order valence-electron chi connectivity index (χ2n) is 4.37. The molecule has 1 fully saturated rings. The van der Waals surface area contributed by atoms with Crippen LogP contribution < -0.4 is 0 Å². The van der Waals surface area contributed by atoms with E-state index in [4.69, 9.17) is 9.84 Å². The molecule has 1 aliphatic rings. The summed E-state index contributed by atoms with van der Waals surface area (Å²) in [6.07, 6.45) is 1.22. The van der Waals surface area contributed by atoms with Gasteiger partial charge < -0.3 is 9.84 Å². The van der Waals surface area contributed by atoms with Crippen LogP contribution in [0.2, 0.25) is 0 Å². The van der Waals surface area contributed by atoms with Gasteiger partial charge in [0.25, 0.3) is 0 Å². The Hall–Kier alpha value is -0.570. The third-order valence-corrected chi connectivity index (χ3v) is 2.35. The van der Waals surface area contributed by atoms with Crippen LogP contribution in [0.3, 0.4) is 0 Å². The van der Waals surface area contributed by atoms with E-state index in [9.17, 15) is 4.79 Å². The van der Waals surface area contributed by atoms with Gasteiger partial charge in [0.1, 0.15) is 5.60 Å². The molecule has 0 spiro atoms. The van der Waals surface area contributed by atoms with Gasteiger partial charge in [-0.05, 0) is 20.8 Å². The molecule has 3 nitrogen and oxygen atoms in total. The number of rotatable bonds is 2. The molecule has 1 unspecified atom stereocenters. The summed E-state index contributed by atoms with van der Waals surface area (Å²) in [4.78, 5) is 11.3. The molecule has 0 bridgehead atoms. The first-order valence-corrected chi connectivity index (χ1v) is 4.24. The maximum absolute atomic E-state index is 11.3.